The fraction of sp³-hybridized carbons (Fsp3) is 0.467. The van der Waals surface area contributed by atoms with E-state index < -0.39 is 5.79 Å². The maximum Gasteiger partial charge on any atom is 0.240 e. The third-order valence-corrected chi connectivity index (χ3v) is 7.70. The van der Waals surface area contributed by atoms with Crippen molar-refractivity contribution >= 4 is 11.4 Å². The highest BCUT2D eigenvalue weighted by Crippen LogP contribution is 2.46. The number of Topliss-reactive ketones (excluding diaryl/α,β-unsaturated/α-hetero) is 1. The van der Waals surface area contributed by atoms with Crippen molar-refractivity contribution < 1.29 is 19.4 Å². The van der Waals surface area contributed by atoms with E-state index >= 15 is 0 Å². The van der Waals surface area contributed by atoms with Gasteiger partial charge in [0.2, 0.25) is 5.79 Å². The van der Waals surface area contributed by atoms with Gasteiger partial charge in [0.1, 0.15) is 11.5 Å². The quantitative estimate of drug-likeness (QED) is 0.540. The van der Waals surface area contributed by atoms with Gasteiger partial charge in [0.25, 0.3) is 0 Å². The van der Waals surface area contributed by atoms with Crippen LogP contribution >= 0.6 is 0 Å². The number of carbonyl (C=O) groups excluding carboxylic acids is 1. The largest absolute Gasteiger partial charge is 0.512 e. The SMILES string of the molecule is Cc1cc2c(cc1C1(c3ccc(C4=C(O)CCCC4=O)cn3)OCCCO1)C(C)(C)C=CC2(C)C. The molecule has 5 nitrogen and oxygen atoms in total. The molecule has 5 heteroatoms. The van der Waals surface area contributed by atoms with E-state index in [0.29, 0.717) is 49.3 Å². The van der Waals surface area contributed by atoms with Gasteiger partial charge in [-0.25, -0.2) is 0 Å². The Kier molecular flexibility index (Phi) is 5.77. The van der Waals surface area contributed by atoms with Gasteiger partial charge in [0.15, 0.2) is 5.78 Å². The van der Waals surface area contributed by atoms with Gasteiger partial charge in [-0.3, -0.25) is 9.78 Å². The normalized spacial score (nSPS) is 22.7. The molecular weight excluding hydrogens is 438 g/mol. The van der Waals surface area contributed by atoms with E-state index in [0.717, 1.165) is 17.5 Å². The molecule has 2 aromatic rings. The Bertz CT molecular complexity index is 1230. The van der Waals surface area contributed by atoms with Crippen molar-refractivity contribution in [1.82, 2.24) is 4.98 Å². The van der Waals surface area contributed by atoms with Crippen LogP contribution in [-0.2, 0) is 30.9 Å². The smallest absolute Gasteiger partial charge is 0.240 e. The number of aryl methyl sites for hydroxylation is 1. The molecule has 5 rings (SSSR count). The van der Waals surface area contributed by atoms with E-state index in [9.17, 15) is 9.90 Å². The summed E-state index contributed by atoms with van der Waals surface area (Å²) in [5, 5.41) is 10.4. The van der Waals surface area contributed by atoms with Gasteiger partial charge in [-0.2, -0.15) is 0 Å². The molecule has 0 unspecified atom stereocenters. The van der Waals surface area contributed by atoms with Crippen molar-refractivity contribution in [1.29, 1.82) is 0 Å². The van der Waals surface area contributed by atoms with Crippen molar-refractivity contribution in [2.24, 2.45) is 0 Å². The molecule has 0 saturated carbocycles. The molecule has 2 heterocycles. The number of ether oxygens (including phenoxy) is 2. The van der Waals surface area contributed by atoms with Gasteiger partial charge in [-0.15, -0.1) is 0 Å². The minimum absolute atomic E-state index is 0.0355. The Morgan fingerprint density at radius 3 is 2.14 bits per heavy atom. The lowest BCUT2D eigenvalue weighted by atomic mass is 9.66. The molecule has 0 spiro atoms. The van der Waals surface area contributed by atoms with Crippen LogP contribution in [0.1, 0.15) is 86.9 Å². The number of allylic oxidation sites excluding steroid dienone is 4. The average molecular weight is 474 g/mol. The van der Waals surface area contributed by atoms with Crippen LogP contribution in [0, 0.1) is 6.92 Å². The first-order valence-corrected chi connectivity index (χ1v) is 12.6. The lowest BCUT2D eigenvalue weighted by molar-refractivity contribution is -0.251. The number of pyridine rings is 1. The second kappa shape index (κ2) is 8.42. The van der Waals surface area contributed by atoms with Crippen LogP contribution < -0.4 is 0 Å². The van der Waals surface area contributed by atoms with Crippen LogP contribution in [0.2, 0.25) is 0 Å². The number of aliphatic hydroxyl groups is 1. The summed E-state index contributed by atoms with van der Waals surface area (Å²) in [4.78, 5) is 17.2. The van der Waals surface area contributed by atoms with Crippen LogP contribution in [0.15, 0.2) is 48.4 Å². The number of rotatable bonds is 3. The molecule has 1 saturated heterocycles. The van der Waals surface area contributed by atoms with Gasteiger partial charge in [0.05, 0.1) is 18.8 Å². The molecule has 184 valence electrons. The summed E-state index contributed by atoms with van der Waals surface area (Å²) in [5.74, 6) is -1.00. The van der Waals surface area contributed by atoms with Crippen molar-refractivity contribution in [3.63, 3.8) is 0 Å². The molecule has 1 fully saturated rings. The molecule has 1 aromatic carbocycles. The molecule has 0 atom stereocenters. The topological polar surface area (TPSA) is 68.7 Å². The molecule has 0 bridgehead atoms. The fourth-order valence-corrected chi connectivity index (χ4v) is 5.59. The summed E-state index contributed by atoms with van der Waals surface area (Å²) in [5.41, 5.74) is 6.14. The van der Waals surface area contributed by atoms with Crippen molar-refractivity contribution in [3.8, 4) is 0 Å². The van der Waals surface area contributed by atoms with Crippen LogP contribution in [-0.4, -0.2) is 29.1 Å². The molecule has 0 radical (unpaired) electrons. The maximum absolute atomic E-state index is 12.5. The number of nitrogens with zero attached hydrogens (tertiary/aromatic N) is 1. The van der Waals surface area contributed by atoms with Gasteiger partial charge in [-0.05, 0) is 48.6 Å². The van der Waals surface area contributed by atoms with E-state index in [1.165, 1.54) is 11.1 Å². The predicted molar refractivity (Wildman–Crippen MR) is 136 cm³/mol. The Morgan fingerprint density at radius 1 is 0.886 bits per heavy atom. The zero-order valence-electron chi connectivity index (χ0n) is 21.4. The Balaban J connectivity index is 1.64. The van der Waals surface area contributed by atoms with E-state index in [1.54, 1.807) is 6.20 Å². The van der Waals surface area contributed by atoms with E-state index in [2.05, 4.69) is 58.9 Å². The molecule has 2 aliphatic carbocycles. The van der Waals surface area contributed by atoms with Crippen molar-refractivity contribution in [2.45, 2.75) is 76.9 Å². The maximum atomic E-state index is 12.5. The third-order valence-electron chi connectivity index (χ3n) is 7.70. The molecular formula is C30H35NO4. The van der Waals surface area contributed by atoms with Gasteiger partial charge < -0.3 is 14.6 Å². The fourth-order valence-electron chi connectivity index (χ4n) is 5.59. The summed E-state index contributed by atoms with van der Waals surface area (Å²) >= 11 is 0. The minimum Gasteiger partial charge on any atom is -0.512 e. The first-order valence-electron chi connectivity index (χ1n) is 12.6. The van der Waals surface area contributed by atoms with Gasteiger partial charge in [0, 0.05) is 41.0 Å². The van der Waals surface area contributed by atoms with Crippen LogP contribution in [0.4, 0.5) is 0 Å². The Morgan fingerprint density at radius 2 is 1.54 bits per heavy atom. The molecule has 0 amide bonds. The first-order chi connectivity index (χ1) is 16.6. The zero-order valence-corrected chi connectivity index (χ0v) is 21.4. The summed E-state index contributed by atoms with van der Waals surface area (Å²) in [6, 6.07) is 8.24. The number of aliphatic hydroxyl groups excluding tert-OH is 1. The highest BCUT2D eigenvalue weighted by Gasteiger charge is 2.44. The van der Waals surface area contributed by atoms with E-state index in [4.69, 9.17) is 14.5 Å². The Hall–Kier alpha value is -2.76. The van der Waals surface area contributed by atoms with Crippen molar-refractivity contribution in [2.75, 3.05) is 13.2 Å². The minimum atomic E-state index is -1.12. The molecule has 35 heavy (non-hydrogen) atoms. The lowest BCUT2D eigenvalue weighted by Crippen LogP contribution is -2.41. The standard InChI is InChI=1S/C30H35NO4/c1-19-16-22-23(29(4,5)13-12-28(22,2)3)17-21(19)30(34-14-7-15-35-30)26-11-10-20(18-31-26)27-24(32)8-6-9-25(27)33/h10-13,16-18,32H,6-9,14-15H2,1-5H3. The van der Waals surface area contributed by atoms with E-state index in [1.807, 2.05) is 12.1 Å². The molecule has 1 aromatic heterocycles. The summed E-state index contributed by atoms with van der Waals surface area (Å²) in [6.45, 7) is 12.2. The van der Waals surface area contributed by atoms with Crippen LogP contribution in [0.3, 0.4) is 0 Å². The second-order valence-electron chi connectivity index (χ2n) is 11.2. The molecule has 3 aliphatic rings. The number of fused-ring (bicyclic) bond motifs is 1. The number of hydrogen-bond donors (Lipinski definition) is 1. The average Bonchev–Trinajstić information content (AvgIpc) is 2.83. The Labute approximate surface area is 207 Å². The molecule has 1 aliphatic heterocycles. The summed E-state index contributed by atoms with van der Waals surface area (Å²) in [6.07, 6.45) is 8.73. The summed E-state index contributed by atoms with van der Waals surface area (Å²) in [7, 11) is 0. The van der Waals surface area contributed by atoms with Crippen LogP contribution in [0.25, 0.3) is 5.57 Å². The number of aromatic nitrogens is 1. The number of hydrogen-bond acceptors (Lipinski definition) is 5. The van der Waals surface area contributed by atoms with Gasteiger partial charge >= 0.3 is 0 Å². The highest BCUT2D eigenvalue weighted by atomic mass is 16.7. The van der Waals surface area contributed by atoms with Gasteiger partial charge in [-0.1, -0.05) is 52.0 Å². The third kappa shape index (κ3) is 3.95. The lowest BCUT2D eigenvalue weighted by Gasteiger charge is -2.41. The molecule has 1 N–H and O–H groups in total. The highest BCUT2D eigenvalue weighted by molar-refractivity contribution is 6.21. The van der Waals surface area contributed by atoms with Crippen molar-refractivity contribution in [3.05, 3.63) is 81.9 Å². The number of ketones is 1. The number of benzene rings is 1. The second-order valence-corrected chi connectivity index (χ2v) is 11.2. The van der Waals surface area contributed by atoms with Crippen LogP contribution in [0.5, 0.6) is 0 Å². The first kappa shape index (κ1) is 24.0. The number of carbonyl (C=O) groups is 1. The predicted octanol–water partition coefficient (Wildman–Crippen LogP) is 6.18. The van der Waals surface area contributed by atoms with E-state index in [-0.39, 0.29) is 22.4 Å². The summed E-state index contributed by atoms with van der Waals surface area (Å²) < 4.78 is 12.9. The zero-order chi connectivity index (χ0) is 25.0. The monoisotopic (exact) mass is 473 g/mol.